The summed E-state index contributed by atoms with van der Waals surface area (Å²) in [5.41, 5.74) is 2.62. The number of aliphatic hydroxyl groups is 1. The van der Waals surface area contributed by atoms with Crippen molar-refractivity contribution in [1.29, 1.82) is 0 Å². The number of ether oxygens (including phenoxy) is 1. The molecule has 2 spiro atoms. The molecule has 0 aromatic heterocycles. The van der Waals surface area contributed by atoms with Gasteiger partial charge in [0.05, 0.1) is 18.3 Å². The van der Waals surface area contributed by atoms with Gasteiger partial charge in [0, 0.05) is 30.0 Å². The highest BCUT2D eigenvalue weighted by molar-refractivity contribution is 5.89. The molecule has 6 aliphatic carbocycles. The molecule has 162 valence electrons. The predicted octanol–water partition coefficient (Wildman–Crippen LogP) is 3.66. The number of esters is 1. The van der Waals surface area contributed by atoms with E-state index in [1.165, 1.54) is 24.8 Å². The van der Waals surface area contributed by atoms with E-state index in [2.05, 4.69) is 11.5 Å². The van der Waals surface area contributed by atoms with E-state index in [1.807, 2.05) is 30.3 Å². The number of benzene rings is 1. The predicted molar refractivity (Wildman–Crippen MR) is 115 cm³/mol. The van der Waals surface area contributed by atoms with E-state index in [-0.39, 0.29) is 22.9 Å². The van der Waals surface area contributed by atoms with Gasteiger partial charge in [0.25, 0.3) is 0 Å². The van der Waals surface area contributed by atoms with Gasteiger partial charge < -0.3 is 9.84 Å². The summed E-state index contributed by atoms with van der Waals surface area (Å²) in [6, 6.07) is 10.7. The molecule has 9 aliphatic rings. The second-order valence-electron chi connectivity index (χ2n) is 12.1. The summed E-state index contributed by atoms with van der Waals surface area (Å²) >= 11 is 0. The highest BCUT2D eigenvalue weighted by Gasteiger charge is 2.88. The summed E-state index contributed by atoms with van der Waals surface area (Å²) in [4.78, 5) is 15.6. The minimum Gasteiger partial charge on any atom is -0.461 e. The SMILES string of the molecule is C=C1C[C@@]23C[C@H]4[C@@H]5[C@]6(COC(=O)c7ccccc7)CCC[C@@]57[C@@H]2[C@@H](O)[C@@H]1C[C@@H]3[C@H]7N4C6. The third kappa shape index (κ3) is 1.71. The van der Waals surface area contributed by atoms with E-state index in [9.17, 15) is 9.90 Å². The Morgan fingerprint density at radius 3 is 2.90 bits per heavy atom. The first kappa shape index (κ1) is 17.9. The second-order valence-corrected chi connectivity index (χ2v) is 12.1. The number of hydrogen-bond acceptors (Lipinski definition) is 4. The van der Waals surface area contributed by atoms with Crippen LogP contribution >= 0.6 is 0 Å². The van der Waals surface area contributed by atoms with Crippen molar-refractivity contribution in [3.8, 4) is 0 Å². The van der Waals surface area contributed by atoms with E-state index in [1.54, 1.807) is 0 Å². The molecule has 11 atom stereocenters. The van der Waals surface area contributed by atoms with E-state index < -0.39 is 0 Å². The van der Waals surface area contributed by atoms with Crippen LogP contribution in [0, 0.1) is 39.9 Å². The minimum absolute atomic E-state index is 0.0823. The average Bonchev–Trinajstić information content (AvgIpc) is 3.22. The third-order valence-corrected chi connectivity index (χ3v) is 11.5. The Morgan fingerprint density at radius 1 is 1.23 bits per heavy atom. The Kier molecular flexibility index (Phi) is 3.04. The Morgan fingerprint density at radius 2 is 2.06 bits per heavy atom. The van der Waals surface area contributed by atoms with Gasteiger partial charge in [-0.15, -0.1) is 0 Å². The Hall–Kier alpha value is -1.65. The van der Waals surface area contributed by atoms with Crippen molar-refractivity contribution in [2.45, 2.75) is 56.7 Å². The van der Waals surface area contributed by atoms with Gasteiger partial charge in [-0.25, -0.2) is 4.79 Å². The molecule has 4 nitrogen and oxygen atoms in total. The maximum absolute atomic E-state index is 12.8. The molecule has 6 saturated carbocycles. The number of rotatable bonds is 3. The van der Waals surface area contributed by atoms with Gasteiger partial charge in [-0.1, -0.05) is 36.8 Å². The maximum Gasteiger partial charge on any atom is 0.338 e. The van der Waals surface area contributed by atoms with Gasteiger partial charge in [-0.05, 0) is 72.8 Å². The van der Waals surface area contributed by atoms with Crippen LogP contribution in [0.2, 0.25) is 0 Å². The molecule has 10 rings (SSSR count). The van der Waals surface area contributed by atoms with Gasteiger partial charge in [0.2, 0.25) is 0 Å². The van der Waals surface area contributed by atoms with Gasteiger partial charge in [-0.2, -0.15) is 0 Å². The minimum atomic E-state index is -0.202. The van der Waals surface area contributed by atoms with Crippen molar-refractivity contribution in [2.75, 3.05) is 13.2 Å². The van der Waals surface area contributed by atoms with Crippen molar-refractivity contribution in [1.82, 2.24) is 4.90 Å². The smallest absolute Gasteiger partial charge is 0.338 e. The van der Waals surface area contributed by atoms with E-state index >= 15 is 0 Å². The molecule has 31 heavy (non-hydrogen) atoms. The summed E-state index contributed by atoms with van der Waals surface area (Å²) in [5.74, 6) is 1.91. The Bertz CT molecular complexity index is 1020. The number of carbonyl (C=O) groups excluding carboxylic acids is 1. The number of piperidine rings is 2. The first-order chi connectivity index (χ1) is 15.0. The largest absolute Gasteiger partial charge is 0.461 e. The average molecular weight is 418 g/mol. The Balaban J connectivity index is 1.18. The number of aliphatic hydroxyl groups excluding tert-OH is 1. The molecule has 9 bridgehead atoms. The lowest BCUT2D eigenvalue weighted by molar-refractivity contribution is -0.180. The van der Waals surface area contributed by atoms with Crippen LogP contribution in [0.1, 0.15) is 48.9 Å². The molecule has 3 aliphatic heterocycles. The number of fused-ring (bicyclic) bond motifs is 1. The lowest BCUT2D eigenvalue weighted by Gasteiger charge is -2.64. The van der Waals surface area contributed by atoms with Crippen LogP contribution in [-0.4, -0.2) is 47.3 Å². The number of hydrogen-bond donors (Lipinski definition) is 1. The van der Waals surface area contributed by atoms with Crippen molar-refractivity contribution < 1.29 is 14.6 Å². The molecule has 1 aromatic rings. The molecule has 3 saturated heterocycles. The summed E-state index contributed by atoms with van der Waals surface area (Å²) in [6.07, 6.45) is 7.01. The summed E-state index contributed by atoms with van der Waals surface area (Å²) in [6.45, 7) is 6.06. The lowest BCUT2D eigenvalue weighted by Crippen LogP contribution is -2.64. The zero-order valence-electron chi connectivity index (χ0n) is 18.0. The Labute approximate surface area is 183 Å². The lowest BCUT2D eigenvalue weighted by atomic mass is 9.40. The summed E-state index contributed by atoms with van der Waals surface area (Å²) < 4.78 is 6.03. The quantitative estimate of drug-likeness (QED) is 0.602. The van der Waals surface area contributed by atoms with Crippen LogP contribution in [-0.2, 0) is 4.74 Å². The molecule has 3 heterocycles. The molecule has 1 N–H and O–H groups in total. The molecule has 0 radical (unpaired) electrons. The van der Waals surface area contributed by atoms with E-state index in [4.69, 9.17) is 4.74 Å². The summed E-state index contributed by atoms with van der Waals surface area (Å²) in [7, 11) is 0. The molecule has 1 unspecified atom stereocenters. The topological polar surface area (TPSA) is 49.8 Å². The van der Waals surface area contributed by atoms with Crippen molar-refractivity contribution >= 4 is 5.97 Å². The van der Waals surface area contributed by atoms with Gasteiger partial charge >= 0.3 is 5.97 Å². The fourth-order valence-corrected chi connectivity index (χ4v) is 11.3. The standard InChI is InChI=1S/C27H31NO3/c1-15-11-26-12-19-21-25(14-31-24(30)16-6-3-2-4-7-16)8-5-9-27(21)22(26)20(29)17(15)10-18(26)23(27)28(19)13-25/h2-4,6-7,17-23,29H,1,5,8-14H2/t17-,18-,19+,20+,21-,22-,23-,25-,26+,27+/m1/s1. The van der Waals surface area contributed by atoms with Crippen molar-refractivity contribution in [3.63, 3.8) is 0 Å². The van der Waals surface area contributed by atoms with Crippen LogP contribution in [0.15, 0.2) is 42.5 Å². The molecular weight excluding hydrogens is 386 g/mol. The molecule has 4 heteroatoms. The zero-order chi connectivity index (χ0) is 20.8. The molecule has 0 amide bonds. The monoisotopic (exact) mass is 417 g/mol. The normalized spacial score (nSPS) is 56.4. The number of carbonyl (C=O) groups is 1. The molecule has 9 fully saturated rings. The zero-order valence-corrected chi connectivity index (χ0v) is 18.0. The van der Waals surface area contributed by atoms with Crippen LogP contribution in [0.25, 0.3) is 0 Å². The first-order valence-electron chi connectivity index (χ1n) is 12.4. The van der Waals surface area contributed by atoms with Gasteiger partial charge in [0.15, 0.2) is 0 Å². The van der Waals surface area contributed by atoms with Crippen LogP contribution in [0.3, 0.4) is 0 Å². The third-order valence-electron chi connectivity index (χ3n) is 11.5. The van der Waals surface area contributed by atoms with Crippen molar-refractivity contribution in [2.24, 2.45) is 39.9 Å². The second kappa shape index (κ2) is 5.28. The number of nitrogens with zero attached hydrogens (tertiary/aromatic N) is 1. The van der Waals surface area contributed by atoms with Crippen LogP contribution in [0.5, 0.6) is 0 Å². The molecular formula is C27H31NO3. The first-order valence-corrected chi connectivity index (χ1v) is 12.4. The fraction of sp³-hybridized carbons (Fsp3) is 0.667. The maximum atomic E-state index is 12.8. The summed E-state index contributed by atoms with van der Waals surface area (Å²) in [5, 5.41) is 11.6. The van der Waals surface area contributed by atoms with Gasteiger partial charge in [0.1, 0.15) is 0 Å². The van der Waals surface area contributed by atoms with E-state index in [0.717, 1.165) is 31.7 Å². The molecule has 1 aromatic carbocycles. The van der Waals surface area contributed by atoms with E-state index in [0.29, 0.717) is 47.4 Å². The highest BCUT2D eigenvalue weighted by atomic mass is 16.5. The van der Waals surface area contributed by atoms with Crippen LogP contribution in [0.4, 0.5) is 0 Å². The fourth-order valence-electron chi connectivity index (χ4n) is 11.3. The highest BCUT2D eigenvalue weighted by Crippen LogP contribution is 2.87. The van der Waals surface area contributed by atoms with Crippen LogP contribution < -0.4 is 0 Å². The van der Waals surface area contributed by atoms with Gasteiger partial charge in [-0.3, -0.25) is 4.90 Å². The van der Waals surface area contributed by atoms with Crippen molar-refractivity contribution in [3.05, 3.63) is 48.0 Å².